The fraction of sp³-hybridized carbons (Fsp3) is 0.0952. The predicted molar refractivity (Wildman–Crippen MR) is 104 cm³/mol. The Morgan fingerprint density at radius 2 is 1.50 bits per heavy atom. The maximum absolute atomic E-state index is 4.89. The molecule has 0 aliphatic rings. The Morgan fingerprint density at radius 3 is 2.21 bits per heavy atom. The molecule has 0 radical (unpaired) electrons. The molecule has 0 saturated carbocycles. The van der Waals surface area contributed by atoms with E-state index in [-0.39, 0.29) is 0 Å². The minimum Gasteiger partial charge on any atom is -0.328 e. The van der Waals surface area contributed by atoms with Crippen LogP contribution in [0.2, 0.25) is 0 Å². The molecule has 4 aromatic rings. The fourth-order valence-electron chi connectivity index (χ4n) is 2.98. The molecule has 0 aliphatic heterocycles. The summed E-state index contributed by atoms with van der Waals surface area (Å²) >= 11 is 3.49. The van der Waals surface area contributed by atoms with Crippen LogP contribution in [0.15, 0.2) is 71.2 Å². The van der Waals surface area contributed by atoms with Gasteiger partial charge in [-0.15, -0.1) is 0 Å². The SMILES string of the molecule is Cc1ccc(-c2ccc3cc(-c4ccc(Br)cc4)n(C)c3n2)cc1. The van der Waals surface area contributed by atoms with Crippen LogP contribution in [0.25, 0.3) is 33.5 Å². The zero-order chi connectivity index (χ0) is 16.7. The third-order valence-corrected chi connectivity index (χ3v) is 4.89. The molecule has 0 atom stereocenters. The molecule has 0 spiro atoms. The van der Waals surface area contributed by atoms with E-state index < -0.39 is 0 Å². The molecular formula is C21H17BrN2. The van der Waals surface area contributed by atoms with E-state index in [1.165, 1.54) is 16.8 Å². The molecule has 2 nitrogen and oxygen atoms in total. The number of aryl methyl sites for hydroxylation is 2. The second kappa shape index (κ2) is 5.91. The van der Waals surface area contributed by atoms with Crippen LogP contribution < -0.4 is 0 Å². The van der Waals surface area contributed by atoms with Crippen LogP contribution in [0.5, 0.6) is 0 Å². The zero-order valence-corrected chi connectivity index (χ0v) is 15.2. The third-order valence-electron chi connectivity index (χ3n) is 4.36. The van der Waals surface area contributed by atoms with Crippen molar-refractivity contribution < 1.29 is 0 Å². The molecule has 0 fully saturated rings. The van der Waals surface area contributed by atoms with Crippen molar-refractivity contribution in [2.45, 2.75) is 6.92 Å². The summed E-state index contributed by atoms with van der Waals surface area (Å²) in [6.07, 6.45) is 0. The molecule has 2 heterocycles. The summed E-state index contributed by atoms with van der Waals surface area (Å²) in [5.41, 5.74) is 6.78. The van der Waals surface area contributed by atoms with Gasteiger partial charge in [-0.1, -0.05) is 57.9 Å². The van der Waals surface area contributed by atoms with Gasteiger partial charge in [0.25, 0.3) is 0 Å². The molecular weight excluding hydrogens is 360 g/mol. The van der Waals surface area contributed by atoms with Gasteiger partial charge in [0.2, 0.25) is 0 Å². The van der Waals surface area contributed by atoms with Gasteiger partial charge in [-0.25, -0.2) is 4.98 Å². The van der Waals surface area contributed by atoms with Gasteiger partial charge in [0.05, 0.1) is 11.4 Å². The van der Waals surface area contributed by atoms with Crippen molar-refractivity contribution in [2.24, 2.45) is 7.05 Å². The topological polar surface area (TPSA) is 17.8 Å². The summed E-state index contributed by atoms with van der Waals surface area (Å²) in [6, 6.07) is 23.3. The summed E-state index contributed by atoms with van der Waals surface area (Å²) in [5, 5.41) is 1.16. The van der Waals surface area contributed by atoms with Gasteiger partial charge < -0.3 is 4.57 Å². The van der Waals surface area contributed by atoms with E-state index in [4.69, 9.17) is 4.98 Å². The Bertz CT molecular complexity index is 1010. The van der Waals surface area contributed by atoms with Crippen molar-refractivity contribution in [3.05, 3.63) is 76.8 Å². The standard InChI is InChI=1S/C21H17BrN2/c1-14-3-5-15(6-4-14)19-12-9-17-13-20(24(2)21(17)23-19)16-7-10-18(22)11-8-16/h3-13H,1-2H3. The maximum atomic E-state index is 4.89. The molecule has 0 bridgehead atoms. The predicted octanol–water partition coefficient (Wildman–Crippen LogP) is 5.98. The highest BCUT2D eigenvalue weighted by Crippen LogP contribution is 2.29. The van der Waals surface area contributed by atoms with Crippen LogP contribution in [-0.2, 0) is 7.05 Å². The van der Waals surface area contributed by atoms with E-state index >= 15 is 0 Å². The van der Waals surface area contributed by atoms with Crippen LogP contribution >= 0.6 is 15.9 Å². The second-order valence-corrected chi connectivity index (χ2v) is 6.99. The summed E-state index contributed by atoms with van der Waals surface area (Å²) in [7, 11) is 2.08. The molecule has 0 amide bonds. The minimum absolute atomic E-state index is 1.01. The lowest BCUT2D eigenvalue weighted by atomic mass is 10.1. The molecule has 2 aromatic carbocycles. The zero-order valence-electron chi connectivity index (χ0n) is 13.6. The average molecular weight is 377 g/mol. The molecule has 0 aliphatic carbocycles. The van der Waals surface area contributed by atoms with Gasteiger partial charge in [0, 0.05) is 22.5 Å². The fourth-order valence-corrected chi connectivity index (χ4v) is 3.25. The van der Waals surface area contributed by atoms with E-state index in [1.807, 2.05) is 0 Å². The molecule has 0 unspecified atom stereocenters. The molecule has 24 heavy (non-hydrogen) atoms. The van der Waals surface area contributed by atoms with Crippen molar-refractivity contribution in [1.82, 2.24) is 9.55 Å². The average Bonchev–Trinajstić information content (AvgIpc) is 2.93. The molecule has 2 aromatic heterocycles. The summed E-state index contributed by atoms with van der Waals surface area (Å²) in [6.45, 7) is 2.10. The Morgan fingerprint density at radius 1 is 0.833 bits per heavy atom. The number of halogens is 1. The van der Waals surface area contributed by atoms with Crippen molar-refractivity contribution in [2.75, 3.05) is 0 Å². The van der Waals surface area contributed by atoms with E-state index in [1.54, 1.807) is 0 Å². The van der Waals surface area contributed by atoms with Crippen LogP contribution in [0, 0.1) is 6.92 Å². The Hall–Kier alpha value is -2.39. The molecule has 118 valence electrons. The lowest BCUT2D eigenvalue weighted by molar-refractivity contribution is 0.958. The van der Waals surface area contributed by atoms with Crippen LogP contribution in [0.4, 0.5) is 0 Å². The van der Waals surface area contributed by atoms with Gasteiger partial charge in [-0.3, -0.25) is 0 Å². The van der Waals surface area contributed by atoms with Gasteiger partial charge in [0.1, 0.15) is 5.65 Å². The number of fused-ring (bicyclic) bond motifs is 1. The van der Waals surface area contributed by atoms with Crippen molar-refractivity contribution in [1.29, 1.82) is 0 Å². The van der Waals surface area contributed by atoms with E-state index in [9.17, 15) is 0 Å². The summed E-state index contributed by atoms with van der Waals surface area (Å²) in [4.78, 5) is 4.89. The lowest BCUT2D eigenvalue weighted by Crippen LogP contribution is -1.94. The van der Waals surface area contributed by atoms with Crippen molar-refractivity contribution in [3.63, 3.8) is 0 Å². The normalized spacial score (nSPS) is 11.1. The van der Waals surface area contributed by atoms with Crippen molar-refractivity contribution in [3.8, 4) is 22.5 Å². The van der Waals surface area contributed by atoms with Crippen LogP contribution in [0.3, 0.4) is 0 Å². The number of hydrogen-bond donors (Lipinski definition) is 0. The minimum atomic E-state index is 1.01. The van der Waals surface area contributed by atoms with Gasteiger partial charge in [-0.2, -0.15) is 0 Å². The summed E-state index contributed by atoms with van der Waals surface area (Å²) < 4.78 is 3.25. The smallest absolute Gasteiger partial charge is 0.140 e. The van der Waals surface area contributed by atoms with Gasteiger partial charge in [-0.05, 0) is 42.8 Å². The highest BCUT2D eigenvalue weighted by molar-refractivity contribution is 9.10. The lowest BCUT2D eigenvalue weighted by Gasteiger charge is -2.06. The van der Waals surface area contributed by atoms with E-state index in [2.05, 4.69) is 101 Å². The van der Waals surface area contributed by atoms with Crippen LogP contribution in [-0.4, -0.2) is 9.55 Å². The molecule has 3 heteroatoms. The Labute approximate surface area is 149 Å². The largest absolute Gasteiger partial charge is 0.328 e. The quantitative estimate of drug-likeness (QED) is 0.420. The Balaban J connectivity index is 1.84. The first-order valence-electron chi connectivity index (χ1n) is 7.91. The number of pyridine rings is 1. The second-order valence-electron chi connectivity index (χ2n) is 6.07. The third kappa shape index (κ3) is 2.65. The number of rotatable bonds is 2. The molecule has 4 rings (SSSR count). The number of nitrogens with zero attached hydrogens (tertiary/aromatic N) is 2. The highest BCUT2D eigenvalue weighted by Gasteiger charge is 2.10. The van der Waals surface area contributed by atoms with E-state index in [0.717, 1.165) is 26.8 Å². The first-order valence-corrected chi connectivity index (χ1v) is 8.70. The first kappa shape index (κ1) is 15.2. The van der Waals surface area contributed by atoms with Gasteiger partial charge >= 0.3 is 0 Å². The van der Waals surface area contributed by atoms with Crippen molar-refractivity contribution >= 4 is 27.0 Å². The number of hydrogen-bond acceptors (Lipinski definition) is 1. The van der Waals surface area contributed by atoms with Crippen LogP contribution in [0.1, 0.15) is 5.56 Å². The molecule has 0 saturated heterocycles. The monoisotopic (exact) mass is 376 g/mol. The van der Waals surface area contributed by atoms with Gasteiger partial charge in [0.15, 0.2) is 0 Å². The highest BCUT2D eigenvalue weighted by atomic mass is 79.9. The number of aromatic nitrogens is 2. The maximum Gasteiger partial charge on any atom is 0.140 e. The van der Waals surface area contributed by atoms with E-state index in [0.29, 0.717) is 0 Å². The Kier molecular flexibility index (Phi) is 3.73. The first-order chi connectivity index (χ1) is 11.6. The molecule has 0 N–H and O–H groups in total. The summed E-state index contributed by atoms with van der Waals surface area (Å²) in [5.74, 6) is 0. The number of benzene rings is 2.